The van der Waals surface area contributed by atoms with Gasteiger partial charge in [-0.1, -0.05) is 57.6 Å². The summed E-state index contributed by atoms with van der Waals surface area (Å²) in [7, 11) is 0. The smallest absolute Gasteiger partial charge is 0.339 e. The molecule has 1 rings (SSSR count). The first kappa shape index (κ1) is 22.1. The summed E-state index contributed by atoms with van der Waals surface area (Å²) >= 11 is 0. The molecule has 146 valence electrons. The van der Waals surface area contributed by atoms with Gasteiger partial charge in [0.2, 0.25) is 0 Å². The Bertz CT molecular complexity index is 564. The summed E-state index contributed by atoms with van der Waals surface area (Å²) in [4.78, 5) is 11.2. The van der Waals surface area contributed by atoms with Crippen LogP contribution in [0.25, 0.3) is 0 Å². The first-order valence-electron chi connectivity index (χ1n) is 9.99. The molecule has 0 aliphatic carbocycles. The standard InChI is InChI=1S/C22H34O4/c1-2-3-4-5-6-7-8-9-10-11-12-13-14-15-18-16-19(23)17-20(24)21(18)22(25)26/h7-8,16-17,23-24H,2-6,9-15H2,1H3,(H,25,26)/b8-7+. The number of aromatic hydroxyl groups is 2. The molecule has 0 saturated heterocycles. The predicted molar refractivity (Wildman–Crippen MR) is 106 cm³/mol. The van der Waals surface area contributed by atoms with Crippen LogP contribution < -0.4 is 0 Å². The van der Waals surface area contributed by atoms with Crippen LogP contribution in [0.2, 0.25) is 0 Å². The fourth-order valence-corrected chi connectivity index (χ4v) is 3.15. The van der Waals surface area contributed by atoms with E-state index in [9.17, 15) is 20.1 Å². The van der Waals surface area contributed by atoms with Crippen molar-refractivity contribution in [2.45, 2.75) is 84.0 Å². The lowest BCUT2D eigenvalue weighted by Gasteiger charge is -2.09. The molecule has 4 nitrogen and oxygen atoms in total. The lowest BCUT2D eigenvalue weighted by atomic mass is 9.99. The van der Waals surface area contributed by atoms with Gasteiger partial charge in [0.15, 0.2) is 0 Å². The average Bonchev–Trinajstić information content (AvgIpc) is 2.58. The number of aromatic carboxylic acids is 1. The van der Waals surface area contributed by atoms with E-state index in [2.05, 4.69) is 19.1 Å². The molecule has 3 N–H and O–H groups in total. The SMILES string of the molecule is CCCCCC/C=C/CCCCCCCc1cc(O)cc(O)c1C(=O)O. The summed E-state index contributed by atoms with van der Waals surface area (Å²) in [6.07, 6.45) is 18.1. The molecular formula is C22H34O4. The summed E-state index contributed by atoms with van der Waals surface area (Å²) in [6, 6.07) is 2.51. The minimum Gasteiger partial charge on any atom is -0.508 e. The van der Waals surface area contributed by atoms with Gasteiger partial charge in [0.25, 0.3) is 0 Å². The van der Waals surface area contributed by atoms with Crippen molar-refractivity contribution in [3.63, 3.8) is 0 Å². The summed E-state index contributed by atoms with van der Waals surface area (Å²) in [5, 5.41) is 28.4. The van der Waals surface area contributed by atoms with E-state index in [-0.39, 0.29) is 17.1 Å². The summed E-state index contributed by atoms with van der Waals surface area (Å²) in [5.74, 6) is -1.61. The van der Waals surface area contributed by atoms with Crippen molar-refractivity contribution in [3.8, 4) is 11.5 Å². The van der Waals surface area contributed by atoms with E-state index in [0.717, 1.165) is 31.7 Å². The van der Waals surface area contributed by atoms with Crippen molar-refractivity contribution in [3.05, 3.63) is 35.4 Å². The van der Waals surface area contributed by atoms with Crippen molar-refractivity contribution in [1.82, 2.24) is 0 Å². The number of phenols is 2. The lowest BCUT2D eigenvalue weighted by molar-refractivity contribution is 0.0692. The fourth-order valence-electron chi connectivity index (χ4n) is 3.15. The molecule has 1 aromatic rings. The third-order valence-electron chi connectivity index (χ3n) is 4.61. The Morgan fingerprint density at radius 2 is 1.46 bits per heavy atom. The number of carbonyl (C=O) groups is 1. The van der Waals surface area contributed by atoms with E-state index in [0.29, 0.717) is 12.0 Å². The third kappa shape index (κ3) is 8.93. The Kier molecular flexibility index (Phi) is 11.3. The van der Waals surface area contributed by atoms with Crippen LogP contribution in [0.4, 0.5) is 0 Å². The van der Waals surface area contributed by atoms with Gasteiger partial charge in [-0.15, -0.1) is 0 Å². The van der Waals surface area contributed by atoms with Crippen LogP contribution in [0.1, 0.15) is 93.5 Å². The van der Waals surface area contributed by atoms with Gasteiger partial charge in [-0.25, -0.2) is 4.79 Å². The maximum atomic E-state index is 11.2. The van der Waals surface area contributed by atoms with Gasteiger partial charge in [0.1, 0.15) is 17.1 Å². The van der Waals surface area contributed by atoms with Gasteiger partial charge in [-0.3, -0.25) is 0 Å². The molecule has 4 heteroatoms. The van der Waals surface area contributed by atoms with Gasteiger partial charge in [0.05, 0.1) is 0 Å². The zero-order chi connectivity index (χ0) is 19.2. The summed E-state index contributed by atoms with van der Waals surface area (Å²) < 4.78 is 0. The van der Waals surface area contributed by atoms with Crippen LogP contribution in [-0.4, -0.2) is 21.3 Å². The minimum absolute atomic E-state index is 0.0909. The van der Waals surface area contributed by atoms with E-state index < -0.39 is 5.97 Å². The highest BCUT2D eigenvalue weighted by molar-refractivity contribution is 5.92. The van der Waals surface area contributed by atoms with Crippen LogP contribution in [0.3, 0.4) is 0 Å². The molecule has 0 amide bonds. The molecule has 0 saturated carbocycles. The molecule has 0 radical (unpaired) electrons. The normalized spacial score (nSPS) is 11.3. The molecule has 0 aliphatic heterocycles. The number of carboxylic acid groups (broad SMARTS) is 1. The van der Waals surface area contributed by atoms with E-state index in [1.807, 2.05) is 0 Å². The maximum Gasteiger partial charge on any atom is 0.339 e. The van der Waals surface area contributed by atoms with E-state index in [4.69, 9.17) is 0 Å². The highest BCUT2D eigenvalue weighted by atomic mass is 16.4. The number of carboxylic acids is 1. The number of aryl methyl sites for hydroxylation is 1. The monoisotopic (exact) mass is 362 g/mol. The number of rotatable bonds is 14. The van der Waals surface area contributed by atoms with Gasteiger partial charge < -0.3 is 15.3 Å². The van der Waals surface area contributed by atoms with Crippen molar-refractivity contribution in [2.75, 3.05) is 0 Å². The number of unbranched alkanes of at least 4 members (excludes halogenated alkanes) is 9. The fraction of sp³-hybridized carbons (Fsp3) is 0.591. The molecular weight excluding hydrogens is 328 g/mol. The first-order valence-corrected chi connectivity index (χ1v) is 9.99. The topological polar surface area (TPSA) is 77.8 Å². The van der Waals surface area contributed by atoms with Gasteiger partial charge in [-0.2, -0.15) is 0 Å². The molecule has 0 aliphatic rings. The number of phenolic OH excluding ortho intramolecular Hbond substituents is 1. The average molecular weight is 363 g/mol. The van der Waals surface area contributed by atoms with Crippen LogP contribution in [0.5, 0.6) is 11.5 Å². The van der Waals surface area contributed by atoms with Gasteiger partial charge in [0, 0.05) is 6.07 Å². The molecule has 26 heavy (non-hydrogen) atoms. The molecule has 0 heterocycles. The van der Waals surface area contributed by atoms with Crippen molar-refractivity contribution in [1.29, 1.82) is 0 Å². The van der Waals surface area contributed by atoms with E-state index in [1.54, 1.807) is 0 Å². The summed E-state index contributed by atoms with van der Waals surface area (Å²) in [5.41, 5.74) is 0.410. The number of hydrogen-bond acceptors (Lipinski definition) is 3. The van der Waals surface area contributed by atoms with Crippen LogP contribution in [0.15, 0.2) is 24.3 Å². The second-order valence-corrected chi connectivity index (χ2v) is 6.93. The third-order valence-corrected chi connectivity index (χ3v) is 4.61. The zero-order valence-electron chi connectivity index (χ0n) is 16.0. The Hall–Kier alpha value is -1.97. The number of allylic oxidation sites excluding steroid dienone is 2. The van der Waals surface area contributed by atoms with Crippen LogP contribution >= 0.6 is 0 Å². The van der Waals surface area contributed by atoms with Crippen molar-refractivity contribution < 1.29 is 20.1 Å². The molecule has 1 aromatic carbocycles. The molecule has 0 unspecified atom stereocenters. The number of hydrogen-bond donors (Lipinski definition) is 3. The largest absolute Gasteiger partial charge is 0.508 e. The van der Waals surface area contributed by atoms with Crippen LogP contribution in [-0.2, 0) is 6.42 Å². The lowest BCUT2D eigenvalue weighted by Crippen LogP contribution is -2.03. The second kappa shape index (κ2) is 13.3. The highest BCUT2D eigenvalue weighted by Crippen LogP contribution is 2.28. The number of benzene rings is 1. The summed E-state index contributed by atoms with van der Waals surface area (Å²) in [6.45, 7) is 2.23. The minimum atomic E-state index is -1.15. The molecule has 0 spiro atoms. The zero-order valence-corrected chi connectivity index (χ0v) is 16.0. The maximum absolute atomic E-state index is 11.2. The molecule has 0 bridgehead atoms. The van der Waals surface area contributed by atoms with E-state index >= 15 is 0 Å². The first-order chi connectivity index (χ1) is 12.6. The Labute approximate surface area is 157 Å². The Morgan fingerprint density at radius 3 is 2.08 bits per heavy atom. The Morgan fingerprint density at radius 1 is 0.885 bits per heavy atom. The van der Waals surface area contributed by atoms with Gasteiger partial charge in [-0.05, 0) is 50.2 Å². The molecule has 0 aromatic heterocycles. The second-order valence-electron chi connectivity index (χ2n) is 6.93. The Balaban J connectivity index is 2.15. The van der Waals surface area contributed by atoms with Crippen molar-refractivity contribution in [2.24, 2.45) is 0 Å². The van der Waals surface area contributed by atoms with Gasteiger partial charge >= 0.3 is 5.97 Å². The predicted octanol–water partition coefficient (Wildman–Crippen LogP) is 6.21. The highest BCUT2D eigenvalue weighted by Gasteiger charge is 2.16. The van der Waals surface area contributed by atoms with E-state index in [1.165, 1.54) is 51.0 Å². The quantitative estimate of drug-likeness (QED) is 0.272. The molecule has 0 fully saturated rings. The van der Waals surface area contributed by atoms with Crippen LogP contribution in [0, 0.1) is 0 Å². The van der Waals surface area contributed by atoms with Crippen molar-refractivity contribution >= 4 is 5.97 Å². The molecule has 0 atom stereocenters.